The average molecular weight is 164 g/mol. The van der Waals surface area contributed by atoms with Gasteiger partial charge in [0.15, 0.2) is 0 Å². The summed E-state index contributed by atoms with van der Waals surface area (Å²) in [7, 11) is 0. The van der Waals surface area contributed by atoms with Crippen molar-refractivity contribution in [3.05, 3.63) is 24.5 Å². The monoisotopic (exact) mass is 164 g/mol. The molecule has 0 radical (unpaired) electrons. The molecule has 2 atom stereocenters. The summed E-state index contributed by atoms with van der Waals surface area (Å²) in [5.74, 6) is 0. The topological polar surface area (TPSA) is 30.9 Å². The van der Waals surface area contributed by atoms with Crippen LogP contribution in [-0.4, -0.2) is 10.6 Å². The van der Waals surface area contributed by atoms with Crippen LogP contribution in [-0.2, 0) is 0 Å². The van der Waals surface area contributed by atoms with E-state index in [9.17, 15) is 0 Å². The highest BCUT2D eigenvalue weighted by Crippen LogP contribution is 2.26. The zero-order chi connectivity index (χ0) is 8.39. The molecule has 1 fully saturated rings. The molecule has 1 aliphatic carbocycles. The summed E-state index contributed by atoms with van der Waals surface area (Å²) in [5, 5.41) is 0. The first-order chi connectivity index (χ1) is 5.88. The normalized spacial score (nSPS) is 30.4. The zero-order valence-electron chi connectivity index (χ0n) is 7.32. The Kier molecular flexibility index (Phi) is 2.17. The van der Waals surface area contributed by atoms with Crippen molar-refractivity contribution >= 4 is 0 Å². The van der Waals surface area contributed by atoms with E-state index in [1.165, 1.54) is 25.7 Å². The molecule has 0 bridgehead atoms. The van der Waals surface area contributed by atoms with E-state index in [-0.39, 0.29) is 0 Å². The first-order valence-corrected chi connectivity index (χ1v) is 4.76. The minimum Gasteiger partial charge on any atom is -0.350 e. The second-order valence-electron chi connectivity index (χ2n) is 3.65. The number of hydrogen-bond acceptors (Lipinski definition) is 1. The van der Waals surface area contributed by atoms with Crippen LogP contribution in [0.25, 0.3) is 0 Å². The van der Waals surface area contributed by atoms with Crippen LogP contribution >= 0.6 is 0 Å². The lowest BCUT2D eigenvalue weighted by molar-refractivity contribution is 0.307. The van der Waals surface area contributed by atoms with Gasteiger partial charge in [0.25, 0.3) is 0 Å². The first-order valence-electron chi connectivity index (χ1n) is 4.76. The maximum atomic E-state index is 6.05. The Hall–Kier alpha value is -0.760. The van der Waals surface area contributed by atoms with Gasteiger partial charge in [-0.15, -0.1) is 0 Å². The highest BCUT2D eigenvalue weighted by molar-refractivity contribution is 4.96. The molecule has 2 rings (SSSR count). The smallest absolute Gasteiger partial charge is 0.0481 e. The molecule has 0 amide bonds. The third-order valence-corrected chi connectivity index (χ3v) is 2.79. The van der Waals surface area contributed by atoms with E-state index in [1.807, 2.05) is 0 Å². The third-order valence-electron chi connectivity index (χ3n) is 2.79. The van der Waals surface area contributed by atoms with E-state index in [2.05, 4.69) is 29.1 Å². The maximum Gasteiger partial charge on any atom is 0.0481 e. The van der Waals surface area contributed by atoms with Gasteiger partial charge in [-0.1, -0.05) is 12.8 Å². The lowest BCUT2D eigenvalue weighted by atomic mass is 9.91. The van der Waals surface area contributed by atoms with Crippen LogP contribution in [0.1, 0.15) is 31.7 Å². The Morgan fingerprint density at radius 1 is 1.08 bits per heavy atom. The van der Waals surface area contributed by atoms with Crippen molar-refractivity contribution in [1.82, 2.24) is 4.57 Å². The molecule has 2 N–H and O–H groups in total. The van der Waals surface area contributed by atoms with Crippen LogP contribution in [0, 0.1) is 0 Å². The summed E-state index contributed by atoms with van der Waals surface area (Å²) in [5.41, 5.74) is 6.05. The van der Waals surface area contributed by atoms with Crippen LogP contribution in [0.2, 0.25) is 0 Å². The summed E-state index contributed by atoms with van der Waals surface area (Å²) >= 11 is 0. The molecule has 0 aromatic carbocycles. The first kappa shape index (κ1) is 7.87. The van der Waals surface area contributed by atoms with E-state index < -0.39 is 0 Å². The zero-order valence-corrected chi connectivity index (χ0v) is 7.32. The molecule has 2 heteroatoms. The molecule has 1 heterocycles. The minimum atomic E-state index is 0.367. The van der Waals surface area contributed by atoms with Crippen molar-refractivity contribution in [1.29, 1.82) is 0 Å². The Bertz CT molecular complexity index is 228. The highest BCUT2D eigenvalue weighted by Gasteiger charge is 2.21. The van der Waals surface area contributed by atoms with Crippen LogP contribution in [0.3, 0.4) is 0 Å². The fourth-order valence-corrected chi connectivity index (χ4v) is 2.08. The molecule has 1 aromatic heterocycles. The van der Waals surface area contributed by atoms with Crippen LogP contribution < -0.4 is 5.73 Å². The SMILES string of the molecule is N[C@@H]1CCCC[C@H]1n1cccc1. The van der Waals surface area contributed by atoms with E-state index >= 15 is 0 Å². The maximum absolute atomic E-state index is 6.05. The summed E-state index contributed by atoms with van der Waals surface area (Å²) in [6.07, 6.45) is 9.31. The van der Waals surface area contributed by atoms with Gasteiger partial charge < -0.3 is 10.3 Å². The van der Waals surface area contributed by atoms with Crippen LogP contribution in [0.15, 0.2) is 24.5 Å². The third kappa shape index (κ3) is 1.39. The number of aromatic nitrogens is 1. The number of nitrogens with zero attached hydrogens (tertiary/aromatic N) is 1. The largest absolute Gasteiger partial charge is 0.350 e. The van der Waals surface area contributed by atoms with Crippen molar-refractivity contribution in [2.75, 3.05) is 0 Å². The summed E-state index contributed by atoms with van der Waals surface area (Å²) < 4.78 is 2.25. The average Bonchev–Trinajstić information content (AvgIpc) is 2.57. The van der Waals surface area contributed by atoms with E-state index in [0.717, 1.165) is 0 Å². The van der Waals surface area contributed by atoms with Crippen LogP contribution in [0.5, 0.6) is 0 Å². The van der Waals surface area contributed by atoms with Crippen molar-refractivity contribution in [2.45, 2.75) is 37.8 Å². The quantitative estimate of drug-likeness (QED) is 0.675. The van der Waals surface area contributed by atoms with Crippen molar-refractivity contribution < 1.29 is 0 Å². The molecule has 0 saturated heterocycles. The van der Waals surface area contributed by atoms with Gasteiger partial charge in [-0.25, -0.2) is 0 Å². The molecular weight excluding hydrogens is 148 g/mol. The summed E-state index contributed by atoms with van der Waals surface area (Å²) in [6.45, 7) is 0. The minimum absolute atomic E-state index is 0.367. The van der Waals surface area contributed by atoms with Gasteiger partial charge in [0.2, 0.25) is 0 Å². The van der Waals surface area contributed by atoms with E-state index in [1.54, 1.807) is 0 Å². The van der Waals surface area contributed by atoms with Crippen molar-refractivity contribution in [3.8, 4) is 0 Å². The van der Waals surface area contributed by atoms with Gasteiger partial charge >= 0.3 is 0 Å². The molecule has 1 aromatic rings. The second-order valence-corrected chi connectivity index (χ2v) is 3.65. The van der Waals surface area contributed by atoms with E-state index in [0.29, 0.717) is 12.1 Å². The molecule has 0 spiro atoms. The summed E-state index contributed by atoms with van der Waals surface area (Å²) in [6, 6.07) is 5.06. The van der Waals surface area contributed by atoms with Gasteiger partial charge in [-0.05, 0) is 25.0 Å². The second kappa shape index (κ2) is 3.31. The molecule has 2 nitrogen and oxygen atoms in total. The molecular formula is C10H16N2. The standard InChI is InChI=1S/C10H16N2/c11-9-5-1-2-6-10(9)12-7-3-4-8-12/h3-4,7-10H,1-2,5-6,11H2/t9-,10-/m1/s1. The molecule has 12 heavy (non-hydrogen) atoms. The predicted octanol–water partition coefficient (Wildman–Crippen LogP) is 1.93. The Morgan fingerprint density at radius 2 is 1.75 bits per heavy atom. The van der Waals surface area contributed by atoms with Gasteiger partial charge in [-0.2, -0.15) is 0 Å². The lowest BCUT2D eigenvalue weighted by Crippen LogP contribution is -2.34. The number of hydrogen-bond donors (Lipinski definition) is 1. The Labute approximate surface area is 73.4 Å². The Balaban J connectivity index is 2.11. The predicted molar refractivity (Wildman–Crippen MR) is 49.9 cm³/mol. The lowest BCUT2D eigenvalue weighted by Gasteiger charge is -2.29. The van der Waals surface area contributed by atoms with Gasteiger partial charge in [0, 0.05) is 24.5 Å². The molecule has 0 unspecified atom stereocenters. The van der Waals surface area contributed by atoms with Gasteiger partial charge in [0.05, 0.1) is 0 Å². The van der Waals surface area contributed by atoms with Crippen molar-refractivity contribution in [2.24, 2.45) is 5.73 Å². The van der Waals surface area contributed by atoms with Crippen molar-refractivity contribution in [3.63, 3.8) is 0 Å². The molecule has 1 aliphatic rings. The fourth-order valence-electron chi connectivity index (χ4n) is 2.08. The molecule has 0 aliphatic heterocycles. The Morgan fingerprint density at radius 3 is 2.42 bits per heavy atom. The fraction of sp³-hybridized carbons (Fsp3) is 0.600. The molecule has 1 saturated carbocycles. The summed E-state index contributed by atoms with van der Waals surface area (Å²) in [4.78, 5) is 0. The van der Waals surface area contributed by atoms with E-state index in [4.69, 9.17) is 5.73 Å². The molecule has 66 valence electrons. The van der Waals surface area contributed by atoms with Gasteiger partial charge in [-0.3, -0.25) is 0 Å². The highest BCUT2D eigenvalue weighted by atomic mass is 15.0. The van der Waals surface area contributed by atoms with Gasteiger partial charge in [0.1, 0.15) is 0 Å². The van der Waals surface area contributed by atoms with Crippen LogP contribution in [0.4, 0.5) is 0 Å². The number of nitrogens with two attached hydrogens (primary N) is 1. The number of rotatable bonds is 1.